The fourth-order valence-electron chi connectivity index (χ4n) is 0.767. The summed E-state index contributed by atoms with van der Waals surface area (Å²) in [7, 11) is 0. The smallest absolute Gasteiger partial charge is 0.315 e. The van der Waals surface area contributed by atoms with Crippen LogP contribution in [0.15, 0.2) is 11.4 Å². The summed E-state index contributed by atoms with van der Waals surface area (Å²) in [5, 5.41) is 3.42. The highest BCUT2D eigenvalue weighted by molar-refractivity contribution is 7.14. The van der Waals surface area contributed by atoms with Crippen LogP contribution in [-0.2, 0) is 4.79 Å². The molecule has 0 bridgehead atoms. The summed E-state index contributed by atoms with van der Waals surface area (Å²) in [5.74, 6) is -2.22. The van der Waals surface area contributed by atoms with Gasteiger partial charge in [-0.1, -0.05) is 0 Å². The number of alkyl halides is 2. The zero-order chi connectivity index (χ0) is 10.7. The van der Waals surface area contributed by atoms with Gasteiger partial charge in [0.05, 0.1) is 5.56 Å². The number of hydrogen-bond donors (Lipinski definition) is 2. The Morgan fingerprint density at radius 1 is 1.50 bits per heavy atom. The van der Waals surface area contributed by atoms with Crippen LogP contribution in [0.2, 0.25) is 0 Å². The fraction of sp³-hybridized carbons (Fsp3) is 0.143. The molecule has 7 heteroatoms. The van der Waals surface area contributed by atoms with Crippen molar-refractivity contribution in [3.8, 4) is 0 Å². The molecule has 1 aromatic heterocycles. The van der Waals surface area contributed by atoms with Gasteiger partial charge in [-0.25, -0.2) is 0 Å². The summed E-state index contributed by atoms with van der Waals surface area (Å²) in [6, 6.07) is 1.36. The topological polar surface area (TPSA) is 72.2 Å². The zero-order valence-electron chi connectivity index (χ0n) is 6.79. The van der Waals surface area contributed by atoms with E-state index in [1.165, 1.54) is 11.4 Å². The van der Waals surface area contributed by atoms with E-state index in [4.69, 9.17) is 5.73 Å². The molecular formula is C7H6F2N2O2S. The number of thiophene rings is 1. The van der Waals surface area contributed by atoms with Crippen LogP contribution in [0.25, 0.3) is 0 Å². The molecule has 0 atom stereocenters. The van der Waals surface area contributed by atoms with Gasteiger partial charge in [-0.15, -0.1) is 11.3 Å². The van der Waals surface area contributed by atoms with Crippen LogP contribution in [0, 0.1) is 0 Å². The van der Waals surface area contributed by atoms with Gasteiger partial charge in [-0.2, -0.15) is 8.78 Å². The van der Waals surface area contributed by atoms with Crippen molar-refractivity contribution in [3.63, 3.8) is 0 Å². The van der Waals surface area contributed by atoms with Gasteiger partial charge in [-0.3, -0.25) is 9.59 Å². The molecule has 4 nitrogen and oxygen atoms in total. The molecule has 1 heterocycles. The number of primary amides is 1. The van der Waals surface area contributed by atoms with E-state index in [-0.39, 0.29) is 10.6 Å². The predicted octanol–water partition coefficient (Wildman–Crippen LogP) is 1.05. The zero-order valence-corrected chi connectivity index (χ0v) is 7.61. The van der Waals surface area contributed by atoms with Crippen molar-refractivity contribution in [3.05, 3.63) is 17.0 Å². The molecule has 2 amide bonds. The molecule has 0 unspecified atom stereocenters. The Hall–Kier alpha value is -1.50. The summed E-state index contributed by atoms with van der Waals surface area (Å²) in [6.07, 6.45) is -3.11. The van der Waals surface area contributed by atoms with E-state index in [0.717, 1.165) is 11.3 Å². The van der Waals surface area contributed by atoms with E-state index >= 15 is 0 Å². The first-order valence-electron chi connectivity index (χ1n) is 3.48. The molecule has 0 aromatic carbocycles. The van der Waals surface area contributed by atoms with Gasteiger partial charge in [0.2, 0.25) is 0 Å². The highest BCUT2D eigenvalue weighted by Crippen LogP contribution is 2.22. The lowest BCUT2D eigenvalue weighted by Gasteiger charge is -2.02. The minimum Gasteiger partial charge on any atom is -0.366 e. The number of halogens is 2. The maximum atomic E-state index is 11.8. The minimum atomic E-state index is -3.11. The number of amides is 2. The number of carbonyl (C=O) groups is 2. The maximum absolute atomic E-state index is 11.8. The Kier molecular flexibility index (Phi) is 3.13. The lowest BCUT2D eigenvalue weighted by Crippen LogP contribution is -2.21. The molecule has 0 aliphatic heterocycles. The Balaban J connectivity index is 2.82. The summed E-state index contributed by atoms with van der Waals surface area (Å²) in [6.45, 7) is 0. The average molecular weight is 220 g/mol. The highest BCUT2D eigenvalue weighted by atomic mass is 32.1. The van der Waals surface area contributed by atoms with Crippen molar-refractivity contribution in [2.75, 3.05) is 5.32 Å². The van der Waals surface area contributed by atoms with E-state index in [1.54, 1.807) is 0 Å². The Morgan fingerprint density at radius 2 is 2.14 bits per heavy atom. The third-order valence-corrected chi connectivity index (χ3v) is 2.20. The first-order valence-corrected chi connectivity index (χ1v) is 4.36. The average Bonchev–Trinajstić information content (AvgIpc) is 2.52. The van der Waals surface area contributed by atoms with Gasteiger partial charge in [0.25, 0.3) is 11.8 Å². The van der Waals surface area contributed by atoms with Crippen LogP contribution >= 0.6 is 11.3 Å². The number of nitrogens with two attached hydrogens (primary N) is 1. The predicted molar refractivity (Wildman–Crippen MR) is 47.5 cm³/mol. The van der Waals surface area contributed by atoms with Gasteiger partial charge in [0.15, 0.2) is 0 Å². The fourth-order valence-corrected chi connectivity index (χ4v) is 1.56. The Morgan fingerprint density at radius 3 is 2.64 bits per heavy atom. The van der Waals surface area contributed by atoms with Gasteiger partial charge in [0.1, 0.15) is 5.00 Å². The summed E-state index contributed by atoms with van der Waals surface area (Å²) >= 11 is 0.957. The molecule has 1 rings (SSSR count). The van der Waals surface area contributed by atoms with E-state index in [9.17, 15) is 18.4 Å². The SMILES string of the molecule is NC(=O)c1ccsc1NC(=O)C(F)F. The lowest BCUT2D eigenvalue weighted by molar-refractivity contribution is -0.126. The molecule has 0 saturated heterocycles. The van der Waals surface area contributed by atoms with Gasteiger partial charge < -0.3 is 11.1 Å². The molecule has 0 spiro atoms. The van der Waals surface area contributed by atoms with E-state index in [0.29, 0.717) is 0 Å². The normalized spacial score (nSPS) is 10.2. The first-order chi connectivity index (χ1) is 6.52. The van der Waals surface area contributed by atoms with Crippen molar-refractivity contribution in [2.24, 2.45) is 5.73 Å². The monoisotopic (exact) mass is 220 g/mol. The van der Waals surface area contributed by atoms with Crippen molar-refractivity contribution in [1.82, 2.24) is 0 Å². The quantitative estimate of drug-likeness (QED) is 0.799. The number of hydrogen-bond acceptors (Lipinski definition) is 3. The van der Waals surface area contributed by atoms with Gasteiger partial charge in [0, 0.05) is 0 Å². The molecule has 0 aliphatic carbocycles. The van der Waals surface area contributed by atoms with Crippen LogP contribution < -0.4 is 11.1 Å². The molecule has 0 aliphatic rings. The third kappa shape index (κ3) is 2.25. The second-order valence-corrected chi connectivity index (χ2v) is 3.23. The van der Waals surface area contributed by atoms with E-state index in [1.807, 2.05) is 5.32 Å². The minimum absolute atomic E-state index is 0.0315. The molecule has 14 heavy (non-hydrogen) atoms. The van der Waals surface area contributed by atoms with Crippen molar-refractivity contribution in [2.45, 2.75) is 6.43 Å². The second-order valence-electron chi connectivity index (χ2n) is 2.32. The number of carbonyl (C=O) groups excluding carboxylic acids is 2. The Labute approximate surface area is 81.7 Å². The molecule has 0 saturated carbocycles. The van der Waals surface area contributed by atoms with Crippen LogP contribution in [0.1, 0.15) is 10.4 Å². The molecule has 0 fully saturated rings. The van der Waals surface area contributed by atoms with Crippen molar-refractivity contribution >= 4 is 28.2 Å². The van der Waals surface area contributed by atoms with Gasteiger partial charge in [-0.05, 0) is 11.4 Å². The van der Waals surface area contributed by atoms with Gasteiger partial charge >= 0.3 is 6.43 Å². The van der Waals surface area contributed by atoms with E-state index < -0.39 is 18.2 Å². The number of rotatable bonds is 3. The second kappa shape index (κ2) is 4.14. The van der Waals surface area contributed by atoms with Crippen LogP contribution in [0.5, 0.6) is 0 Å². The van der Waals surface area contributed by atoms with Crippen molar-refractivity contribution < 1.29 is 18.4 Å². The van der Waals surface area contributed by atoms with Crippen LogP contribution in [0.4, 0.5) is 13.8 Å². The maximum Gasteiger partial charge on any atom is 0.315 e. The standard InChI is InChI=1S/C7H6F2N2O2S/c8-4(9)6(13)11-7-3(5(10)12)1-2-14-7/h1-2,4H,(H2,10,12)(H,11,13). The van der Waals surface area contributed by atoms with Crippen LogP contribution in [-0.4, -0.2) is 18.2 Å². The summed E-state index contributed by atoms with van der Waals surface area (Å²) in [4.78, 5) is 21.3. The summed E-state index contributed by atoms with van der Waals surface area (Å²) < 4.78 is 23.7. The first kappa shape index (κ1) is 10.6. The molecular weight excluding hydrogens is 214 g/mol. The van der Waals surface area contributed by atoms with Crippen molar-refractivity contribution in [1.29, 1.82) is 0 Å². The Bertz CT molecular complexity index is 364. The number of anilines is 1. The molecule has 0 radical (unpaired) electrons. The lowest BCUT2D eigenvalue weighted by atomic mass is 10.3. The molecule has 3 N–H and O–H groups in total. The largest absolute Gasteiger partial charge is 0.366 e. The summed E-state index contributed by atoms with van der Waals surface area (Å²) in [5.41, 5.74) is 4.97. The van der Waals surface area contributed by atoms with E-state index in [2.05, 4.69) is 0 Å². The van der Waals surface area contributed by atoms with Crippen LogP contribution in [0.3, 0.4) is 0 Å². The molecule has 1 aromatic rings. The molecule has 76 valence electrons. The number of nitrogens with one attached hydrogen (secondary N) is 1. The highest BCUT2D eigenvalue weighted by Gasteiger charge is 2.18. The third-order valence-electron chi connectivity index (χ3n) is 1.37.